The van der Waals surface area contributed by atoms with Gasteiger partial charge < -0.3 is 10.1 Å². The Balaban J connectivity index is 2.09. The Hall–Kier alpha value is -3.02. The molecule has 0 radical (unpaired) electrons. The van der Waals surface area contributed by atoms with Crippen molar-refractivity contribution in [3.63, 3.8) is 0 Å². The molecular formula is C22H20F3NO2. The molecule has 0 fully saturated rings. The van der Waals surface area contributed by atoms with E-state index < -0.39 is 11.7 Å². The van der Waals surface area contributed by atoms with E-state index in [0.717, 1.165) is 28.5 Å². The van der Waals surface area contributed by atoms with E-state index in [1.807, 2.05) is 30.3 Å². The first-order valence-electron chi connectivity index (χ1n) is 8.80. The number of nitrogens with one attached hydrogen (secondary N) is 1. The summed E-state index contributed by atoms with van der Waals surface area (Å²) in [5, 5.41) is 4.60. The molecule has 28 heavy (non-hydrogen) atoms. The lowest BCUT2D eigenvalue weighted by Crippen LogP contribution is -2.22. The number of hydrogen-bond acceptors (Lipinski definition) is 2. The number of halogens is 3. The molecule has 3 nitrogen and oxygen atoms in total. The summed E-state index contributed by atoms with van der Waals surface area (Å²) in [5.41, 5.74) is 1.44. The minimum absolute atomic E-state index is 0.129. The third kappa shape index (κ3) is 4.44. The maximum Gasteiger partial charge on any atom is 0.416 e. The second kappa shape index (κ2) is 7.92. The van der Waals surface area contributed by atoms with Crippen LogP contribution in [-0.2, 0) is 17.4 Å². The molecule has 0 atom stereocenters. The molecule has 0 unspecified atom stereocenters. The Morgan fingerprint density at radius 3 is 2.50 bits per heavy atom. The zero-order valence-electron chi connectivity index (χ0n) is 15.6. The van der Waals surface area contributed by atoms with Crippen molar-refractivity contribution in [3.8, 4) is 16.9 Å². The summed E-state index contributed by atoms with van der Waals surface area (Å²) in [6.07, 6.45) is -3.84. The normalized spacial score (nSPS) is 11.5. The zero-order chi connectivity index (χ0) is 20.3. The average molecular weight is 387 g/mol. The number of fused-ring (bicyclic) bond motifs is 1. The van der Waals surface area contributed by atoms with Crippen LogP contribution in [0.25, 0.3) is 21.9 Å². The van der Waals surface area contributed by atoms with E-state index in [1.54, 1.807) is 13.2 Å². The number of carbonyl (C=O) groups excluding carboxylic acids is 1. The monoisotopic (exact) mass is 387 g/mol. The fourth-order valence-electron chi connectivity index (χ4n) is 3.16. The highest BCUT2D eigenvalue weighted by molar-refractivity contribution is 5.91. The van der Waals surface area contributed by atoms with Gasteiger partial charge in [0.2, 0.25) is 5.91 Å². The van der Waals surface area contributed by atoms with Gasteiger partial charge in [0.25, 0.3) is 0 Å². The van der Waals surface area contributed by atoms with Gasteiger partial charge in [-0.25, -0.2) is 0 Å². The van der Waals surface area contributed by atoms with E-state index in [2.05, 4.69) is 5.32 Å². The summed E-state index contributed by atoms with van der Waals surface area (Å²) in [6, 6.07) is 14.6. The first-order valence-corrected chi connectivity index (χ1v) is 8.80. The molecule has 3 rings (SSSR count). The topological polar surface area (TPSA) is 38.3 Å². The quantitative estimate of drug-likeness (QED) is 0.652. The number of carbonyl (C=O) groups is 1. The van der Waals surface area contributed by atoms with Crippen LogP contribution in [0, 0.1) is 0 Å². The van der Waals surface area contributed by atoms with Gasteiger partial charge in [-0.3, -0.25) is 4.79 Å². The molecule has 0 heterocycles. The number of benzene rings is 3. The Labute approximate surface area is 161 Å². The van der Waals surface area contributed by atoms with Crippen LogP contribution in [0.4, 0.5) is 13.2 Å². The molecule has 0 aliphatic carbocycles. The SMILES string of the molecule is COc1ccc2cc(-c3cccc(C(F)(F)F)c3)cc(CCNC(C)=O)c2c1. The van der Waals surface area contributed by atoms with E-state index in [0.29, 0.717) is 29.8 Å². The number of rotatable bonds is 5. The lowest BCUT2D eigenvalue weighted by atomic mass is 9.94. The highest BCUT2D eigenvalue weighted by Crippen LogP contribution is 2.34. The van der Waals surface area contributed by atoms with Crippen LogP contribution in [-0.4, -0.2) is 19.6 Å². The lowest BCUT2D eigenvalue weighted by molar-refractivity contribution is -0.137. The third-order valence-corrected chi connectivity index (χ3v) is 4.54. The first-order chi connectivity index (χ1) is 13.3. The number of hydrogen-bond donors (Lipinski definition) is 1. The Kier molecular flexibility index (Phi) is 5.58. The molecule has 6 heteroatoms. The fraction of sp³-hybridized carbons (Fsp3) is 0.227. The molecule has 0 saturated carbocycles. The molecule has 0 bridgehead atoms. The molecule has 0 aliphatic heterocycles. The molecule has 3 aromatic carbocycles. The average Bonchev–Trinajstić information content (AvgIpc) is 2.66. The van der Waals surface area contributed by atoms with Crippen molar-refractivity contribution in [2.45, 2.75) is 19.5 Å². The Morgan fingerprint density at radius 1 is 1.04 bits per heavy atom. The lowest BCUT2D eigenvalue weighted by Gasteiger charge is -2.14. The number of methoxy groups -OCH3 is 1. The van der Waals surface area contributed by atoms with E-state index >= 15 is 0 Å². The number of alkyl halides is 3. The molecule has 1 amide bonds. The van der Waals surface area contributed by atoms with Crippen molar-refractivity contribution < 1.29 is 22.7 Å². The van der Waals surface area contributed by atoms with Crippen molar-refractivity contribution >= 4 is 16.7 Å². The second-order valence-electron chi connectivity index (χ2n) is 6.53. The van der Waals surface area contributed by atoms with Crippen molar-refractivity contribution in [3.05, 3.63) is 65.7 Å². The summed E-state index contributed by atoms with van der Waals surface area (Å²) in [4.78, 5) is 11.2. The number of ether oxygens (including phenoxy) is 1. The van der Waals surface area contributed by atoms with Crippen LogP contribution < -0.4 is 10.1 Å². The largest absolute Gasteiger partial charge is 0.497 e. The van der Waals surface area contributed by atoms with Crippen LogP contribution in [0.2, 0.25) is 0 Å². The summed E-state index contributed by atoms with van der Waals surface area (Å²) in [6.45, 7) is 1.88. The maximum atomic E-state index is 13.1. The van der Waals surface area contributed by atoms with Crippen LogP contribution in [0.15, 0.2) is 54.6 Å². The van der Waals surface area contributed by atoms with Crippen LogP contribution in [0.3, 0.4) is 0 Å². The van der Waals surface area contributed by atoms with E-state index in [4.69, 9.17) is 4.74 Å². The molecule has 3 aromatic rings. The van der Waals surface area contributed by atoms with Crippen LogP contribution in [0.5, 0.6) is 5.75 Å². The van der Waals surface area contributed by atoms with Gasteiger partial charge in [-0.2, -0.15) is 13.2 Å². The molecule has 0 aromatic heterocycles. The summed E-state index contributed by atoms with van der Waals surface area (Å²) < 4.78 is 44.6. The smallest absolute Gasteiger partial charge is 0.416 e. The molecule has 1 N–H and O–H groups in total. The highest BCUT2D eigenvalue weighted by Gasteiger charge is 2.30. The van der Waals surface area contributed by atoms with Gasteiger partial charge in [0.1, 0.15) is 5.75 Å². The second-order valence-corrected chi connectivity index (χ2v) is 6.53. The fourth-order valence-corrected chi connectivity index (χ4v) is 3.16. The van der Waals surface area contributed by atoms with Gasteiger partial charge in [-0.05, 0) is 64.2 Å². The molecule has 0 aliphatic rings. The van der Waals surface area contributed by atoms with E-state index in [-0.39, 0.29) is 5.91 Å². The van der Waals surface area contributed by atoms with Crippen molar-refractivity contribution in [1.29, 1.82) is 0 Å². The summed E-state index contributed by atoms with van der Waals surface area (Å²) >= 11 is 0. The summed E-state index contributed by atoms with van der Waals surface area (Å²) in [7, 11) is 1.58. The van der Waals surface area contributed by atoms with Crippen molar-refractivity contribution in [2.24, 2.45) is 0 Å². The van der Waals surface area contributed by atoms with Gasteiger partial charge in [-0.15, -0.1) is 0 Å². The molecular weight excluding hydrogens is 367 g/mol. The van der Waals surface area contributed by atoms with Crippen molar-refractivity contribution in [1.82, 2.24) is 5.32 Å². The number of amides is 1. The Bertz CT molecular complexity index is 1010. The van der Waals surface area contributed by atoms with Gasteiger partial charge >= 0.3 is 6.18 Å². The van der Waals surface area contributed by atoms with Crippen molar-refractivity contribution in [2.75, 3.05) is 13.7 Å². The molecule has 0 spiro atoms. The maximum absolute atomic E-state index is 13.1. The van der Waals surface area contributed by atoms with Gasteiger partial charge in [0.15, 0.2) is 0 Å². The Morgan fingerprint density at radius 2 is 1.82 bits per heavy atom. The highest BCUT2D eigenvalue weighted by atomic mass is 19.4. The minimum atomic E-state index is -4.39. The molecule has 0 saturated heterocycles. The van der Waals surface area contributed by atoms with Gasteiger partial charge in [-0.1, -0.05) is 24.3 Å². The minimum Gasteiger partial charge on any atom is -0.497 e. The standard InChI is InChI=1S/C22H20F3NO2/c1-14(27)26-9-8-17-11-18(10-16-6-7-20(28-2)13-21(16)17)15-4-3-5-19(12-15)22(23,24)25/h3-7,10-13H,8-9H2,1-2H3,(H,26,27). The van der Waals surface area contributed by atoms with E-state index in [1.165, 1.54) is 13.0 Å². The predicted molar refractivity (Wildman–Crippen MR) is 103 cm³/mol. The van der Waals surface area contributed by atoms with E-state index in [9.17, 15) is 18.0 Å². The van der Waals surface area contributed by atoms with Gasteiger partial charge in [0.05, 0.1) is 12.7 Å². The molecule has 146 valence electrons. The van der Waals surface area contributed by atoms with Crippen LogP contribution in [0.1, 0.15) is 18.1 Å². The van der Waals surface area contributed by atoms with Crippen LogP contribution >= 0.6 is 0 Å². The van der Waals surface area contributed by atoms with Gasteiger partial charge in [0, 0.05) is 13.5 Å². The third-order valence-electron chi connectivity index (χ3n) is 4.54. The summed E-state index contributed by atoms with van der Waals surface area (Å²) in [5.74, 6) is 0.566. The first kappa shape index (κ1) is 19.7. The zero-order valence-corrected chi connectivity index (χ0v) is 15.6. The predicted octanol–water partition coefficient (Wildman–Crippen LogP) is 5.21.